The fourth-order valence-corrected chi connectivity index (χ4v) is 3.89. The van der Waals surface area contributed by atoms with Crippen LogP contribution >= 0.6 is 0 Å². The molecule has 0 heterocycles. The number of nitrogens with one attached hydrogen (secondary N) is 1. The molecule has 1 aliphatic carbocycles. The lowest BCUT2D eigenvalue weighted by atomic mass is 10.1. The standard InChI is InChI=1S/C14H18FNO4S/c1-20-13(17)8-14(6-7-14)10-21(18,19)16-9-11-4-2-3-5-12(11)15/h2-5,16H,6-10H2,1H3. The topological polar surface area (TPSA) is 72.5 Å². The zero-order valence-electron chi connectivity index (χ0n) is 11.8. The molecule has 5 nitrogen and oxygen atoms in total. The zero-order chi connectivity index (χ0) is 15.5. The van der Waals surface area contributed by atoms with Crippen LogP contribution in [0.1, 0.15) is 24.8 Å². The van der Waals surface area contributed by atoms with Gasteiger partial charge in [0.2, 0.25) is 10.0 Å². The summed E-state index contributed by atoms with van der Waals surface area (Å²) in [5.41, 5.74) is -0.229. The third-order valence-electron chi connectivity index (χ3n) is 3.64. The predicted octanol–water partition coefficient (Wildman–Crippen LogP) is 1.59. The number of carbonyl (C=O) groups is 1. The van der Waals surface area contributed by atoms with Crippen LogP contribution in [-0.2, 0) is 26.1 Å². The Morgan fingerprint density at radius 2 is 2.05 bits per heavy atom. The van der Waals surface area contributed by atoms with Gasteiger partial charge in [-0.25, -0.2) is 17.5 Å². The maximum atomic E-state index is 13.4. The number of rotatable bonds is 7. The van der Waals surface area contributed by atoms with E-state index in [0.29, 0.717) is 18.4 Å². The van der Waals surface area contributed by atoms with Crippen molar-refractivity contribution < 1.29 is 22.3 Å². The second-order valence-electron chi connectivity index (χ2n) is 5.42. The van der Waals surface area contributed by atoms with Crippen molar-refractivity contribution in [2.45, 2.75) is 25.8 Å². The highest BCUT2D eigenvalue weighted by atomic mass is 32.2. The van der Waals surface area contributed by atoms with Gasteiger partial charge in [-0.3, -0.25) is 4.79 Å². The quantitative estimate of drug-likeness (QED) is 0.776. The van der Waals surface area contributed by atoms with Gasteiger partial charge in [-0.15, -0.1) is 0 Å². The summed E-state index contributed by atoms with van der Waals surface area (Å²) >= 11 is 0. The lowest BCUT2D eigenvalue weighted by Gasteiger charge is -2.14. The molecule has 1 N–H and O–H groups in total. The molecule has 0 bridgehead atoms. The molecular weight excluding hydrogens is 297 g/mol. The molecular formula is C14H18FNO4S. The third kappa shape index (κ3) is 4.50. The van der Waals surface area contributed by atoms with Gasteiger partial charge in [0.1, 0.15) is 5.82 Å². The monoisotopic (exact) mass is 315 g/mol. The minimum atomic E-state index is -3.57. The van der Waals surface area contributed by atoms with Crippen molar-refractivity contribution in [3.8, 4) is 0 Å². The van der Waals surface area contributed by atoms with Gasteiger partial charge in [-0.1, -0.05) is 18.2 Å². The van der Waals surface area contributed by atoms with Crippen molar-refractivity contribution >= 4 is 16.0 Å². The van der Waals surface area contributed by atoms with Gasteiger partial charge in [-0.05, 0) is 24.3 Å². The van der Waals surface area contributed by atoms with Crippen molar-refractivity contribution in [1.82, 2.24) is 4.72 Å². The summed E-state index contributed by atoms with van der Waals surface area (Å²) in [6.45, 7) is -0.0939. The fourth-order valence-electron chi connectivity index (χ4n) is 2.21. The number of methoxy groups -OCH3 is 1. The Morgan fingerprint density at radius 3 is 2.62 bits per heavy atom. The molecule has 1 fully saturated rings. The molecule has 0 spiro atoms. The molecule has 1 aliphatic rings. The smallest absolute Gasteiger partial charge is 0.306 e. The van der Waals surface area contributed by atoms with Gasteiger partial charge in [-0.2, -0.15) is 0 Å². The third-order valence-corrected chi connectivity index (χ3v) is 5.22. The van der Waals surface area contributed by atoms with Gasteiger partial charge < -0.3 is 4.74 Å². The molecule has 0 aromatic heterocycles. The van der Waals surface area contributed by atoms with Crippen LogP contribution in [0.25, 0.3) is 0 Å². The minimum Gasteiger partial charge on any atom is -0.469 e. The van der Waals surface area contributed by atoms with Gasteiger partial charge in [0, 0.05) is 12.1 Å². The molecule has 116 valence electrons. The summed E-state index contributed by atoms with van der Waals surface area (Å²) in [6, 6.07) is 6.00. The van der Waals surface area contributed by atoms with Crippen LogP contribution in [0.4, 0.5) is 4.39 Å². The first-order valence-electron chi connectivity index (χ1n) is 6.63. The summed E-state index contributed by atoms with van der Waals surface area (Å²) in [5, 5.41) is 0. The van der Waals surface area contributed by atoms with E-state index in [1.807, 2.05) is 0 Å². The van der Waals surface area contributed by atoms with Crippen molar-refractivity contribution in [1.29, 1.82) is 0 Å². The van der Waals surface area contributed by atoms with E-state index in [9.17, 15) is 17.6 Å². The number of hydrogen-bond acceptors (Lipinski definition) is 4. The van der Waals surface area contributed by atoms with Crippen molar-refractivity contribution in [2.24, 2.45) is 5.41 Å². The normalized spacial score (nSPS) is 16.5. The number of ether oxygens (including phenoxy) is 1. The number of benzene rings is 1. The van der Waals surface area contributed by atoms with Crippen LogP contribution in [0, 0.1) is 11.2 Å². The SMILES string of the molecule is COC(=O)CC1(CS(=O)(=O)NCc2ccccc2F)CC1. The summed E-state index contributed by atoms with van der Waals surface area (Å²) in [7, 11) is -2.29. The van der Waals surface area contributed by atoms with E-state index in [4.69, 9.17) is 0 Å². The highest BCUT2D eigenvalue weighted by Crippen LogP contribution is 2.49. The van der Waals surface area contributed by atoms with Gasteiger partial charge >= 0.3 is 5.97 Å². The average molecular weight is 315 g/mol. The zero-order valence-corrected chi connectivity index (χ0v) is 12.6. The molecule has 2 rings (SSSR count). The summed E-state index contributed by atoms with van der Waals surface area (Å²) in [4.78, 5) is 11.3. The second-order valence-corrected chi connectivity index (χ2v) is 7.23. The Kier molecular flexibility index (Phi) is 4.63. The number of halogens is 1. The Labute approximate surface area is 123 Å². The Bertz CT molecular complexity index is 626. The Morgan fingerprint density at radius 1 is 1.38 bits per heavy atom. The molecule has 1 aromatic carbocycles. The summed E-state index contributed by atoms with van der Waals surface area (Å²) < 4.78 is 44.5. The van der Waals surface area contributed by atoms with Gasteiger partial charge in [0.25, 0.3) is 0 Å². The van der Waals surface area contributed by atoms with Crippen LogP contribution in [0.3, 0.4) is 0 Å². The van der Waals surface area contributed by atoms with Gasteiger partial charge in [0.15, 0.2) is 0 Å². The van der Waals surface area contributed by atoms with Gasteiger partial charge in [0.05, 0.1) is 19.3 Å². The highest BCUT2D eigenvalue weighted by Gasteiger charge is 2.47. The first-order chi connectivity index (χ1) is 9.86. The lowest BCUT2D eigenvalue weighted by molar-refractivity contribution is -0.141. The Balaban J connectivity index is 1.94. The fraction of sp³-hybridized carbons (Fsp3) is 0.500. The molecule has 7 heteroatoms. The van der Waals surface area contributed by atoms with E-state index in [0.717, 1.165) is 0 Å². The van der Waals surface area contributed by atoms with Crippen molar-refractivity contribution in [3.63, 3.8) is 0 Å². The van der Waals surface area contributed by atoms with Crippen molar-refractivity contribution in [3.05, 3.63) is 35.6 Å². The molecule has 0 amide bonds. The molecule has 0 radical (unpaired) electrons. The summed E-state index contributed by atoms with van der Waals surface area (Å²) in [6.07, 6.45) is 1.47. The van der Waals surface area contributed by atoms with Crippen LogP contribution in [0.15, 0.2) is 24.3 Å². The number of esters is 1. The van der Waals surface area contributed by atoms with Crippen LogP contribution in [0.2, 0.25) is 0 Å². The maximum absolute atomic E-state index is 13.4. The number of carbonyl (C=O) groups excluding carboxylic acids is 1. The lowest BCUT2D eigenvalue weighted by Crippen LogP contribution is -2.31. The highest BCUT2D eigenvalue weighted by molar-refractivity contribution is 7.89. The number of sulfonamides is 1. The maximum Gasteiger partial charge on any atom is 0.306 e. The molecule has 1 saturated carbocycles. The van der Waals surface area contributed by atoms with E-state index in [1.165, 1.54) is 19.2 Å². The van der Waals surface area contributed by atoms with E-state index in [2.05, 4.69) is 9.46 Å². The average Bonchev–Trinajstić information content (AvgIpc) is 3.16. The van der Waals surface area contributed by atoms with E-state index >= 15 is 0 Å². The molecule has 21 heavy (non-hydrogen) atoms. The van der Waals surface area contributed by atoms with Crippen LogP contribution in [-0.4, -0.2) is 27.2 Å². The predicted molar refractivity (Wildman–Crippen MR) is 75.3 cm³/mol. The molecule has 0 unspecified atom stereocenters. The Hall–Kier alpha value is -1.47. The first kappa shape index (κ1) is 15.9. The molecule has 0 aliphatic heterocycles. The van der Waals surface area contributed by atoms with Crippen molar-refractivity contribution in [2.75, 3.05) is 12.9 Å². The summed E-state index contributed by atoms with van der Waals surface area (Å²) in [5.74, 6) is -0.989. The number of hydrogen-bond donors (Lipinski definition) is 1. The molecule has 0 saturated heterocycles. The van der Waals surface area contributed by atoms with E-state index < -0.39 is 27.2 Å². The minimum absolute atomic E-state index is 0.0939. The second kappa shape index (κ2) is 6.11. The van der Waals surface area contributed by atoms with E-state index in [-0.39, 0.29) is 18.7 Å². The van der Waals surface area contributed by atoms with Crippen LogP contribution < -0.4 is 4.72 Å². The van der Waals surface area contributed by atoms with E-state index in [1.54, 1.807) is 12.1 Å². The van der Waals surface area contributed by atoms with Crippen LogP contribution in [0.5, 0.6) is 0 Å². The largest absolute Gasteiger partial charge is 0.469 e. The molecule has 0 atom stereocenters. The first-order valence-corrected chi connectivity index (χ1v) is 8.29. The molecule has 1 aromatic rings.